The molecule has 0 saturated heterocycles. The van der Waals surface area contributed by atoms with E-state index in [1.54, 1.807) is 18.2 Å². The summed E-state index contributed by atoms with van der Waals surface area (Å²) in [7, 11) is 0. The Hall–Kier alpha value is -2.43. The lowest BCUT2D eigenvalue weighted by Crippen LogP contribution is -2.15. The van der Waals surface area contributed by atoms with Gasteiger partial charge in [-0.3, -0.25) is 4.79 Å². The molecule has 0 radical (unpaired) electrons. The highest BCUT2D eigenvalue weighted by Gasteiger charge is 2.09. The van der Waals surface area contributed by atoms with Crippen molar-refractivity contribution >= 4 is 17.5 Å². The van der Waals surface area contributed by atoms with E-state index in [1.807, 2.05) is 25.1 Å². The van der Waals surface area contributed by atoms with Crippen LogP contribution in [0.15, 0.2) is 36.4 Å². The highest BCUT2D eigenvalue weighted by atomic mass is 16.1. The number of anilines is 2. The van der Waals surface area contributed by atoms with E-state index in [0.29, 0.717) is 17.2 Å². The molecule has 1 aromatic carbocycles. The summed E-state index contributed by atoms with van der Waals surface area (Å²) in [6.45, 7) is 4.83. The van der Waals surface area contributed by atoms with Gasteiger partial charge in [-0.25, -0.2) is 0 Å². The minimum absolute atomic E-state index is 0.174. The summed E-state index contributed by atoms with van der Waals surface area (Å²) in [5.41, 5.74) is 1.57. The maximum absolute atomic E-state index is 12.1. The van der Waals surface area contributed by atoms with Crippen molar-refractivity contribution in [3.63, 3.8) is 0 Å². The molecule has 2 aromatic rings. The number of nitrogens with one attached hydrogen (secondary N) is 2. The Balaban J connectivity index is 2.03. The molecular formula is C15H18N4O. The van der Waals surface area contributed by atoms with Crippen LogP contribution in [0.1, 0.15) is 29.3 Å². The van der Waals surface area contributed by atoms with Gasteiger partial charge < -0.3 is 10.6 Å². The first-order chi connectivity index (χ1) is 9.70. The molecule has 20 heavy (non-hydrogen) atoms. The third-order valence-corrected chi connectivity index (χ3v) is 2.85. The van der Waals surface area contributed by atoms with Gasteiger partial charge in [-0.1, -0.05) is 25.1 Å². The average Bonchev–Trinajstić information content (AvgIpc) is 2.47. The van der Waals surface area contributed by atoms with Gasteiger partial charge in [-0.05, 0) is 37.1 Å². The van der Waals surface area contributed by atoms with Crippen LogP contribution in [0.3, 0.4) is 0 Å². The smallest absolute Gasteiger partial charge is 0.257 e. The molecule has 1 amide bonds. The predicted octanol–water partition coefficient (Wildman–Crippen LogP) is 2.86. The fourth-order valence-electron chi connectivity index (χ4n) is 1.76. The van der Waals surface area contributed by atoms with Gasteiger partial charge in [0.25, 0.3) is 5.91 Å². The molecule has 0 atom stereocenters. The summed E-state index contributed by atoms with van der Waals surface area (Å²) in [6.07, 6.45) is 1.02. The van der Waals surface area contributed by atoms with Gasteiger partial charge in [0, 0.05) is 12.1 Å². The number of nitrogens with zero attached hydrogens (tertiary/aromatic N) is 2. The van der Waals surface area contributed by atoms with Gasteiger partial charge in [-0.15, -0.1) is 10.2 Å². The van der Waals surface area contributed by atoms with Crippen LogP contribution in [-0.4, -0.2) is 22.6 Å². The summed E-state index contributed by atoms with van der Waals surface area (Å²) in [5.74, 6) is 0.979. The van der Waals surface area contributed by atoms with Gasteiger partial charge in [0.15, 0.2) is 5.82 Å². The fourth-order valence-corrected chi connectivity index (χ4v) is 1.76. The second kappa shape index (κ2) is 6.65. The zero-order chi connectivity index (χ0) is 14.4. The lowest BCUT2D eigenvalue weighted by molar-refractivity contribution is 0.102. The number of hydrogen-bond acceptors (Lipinski definition) is 4. The first-order valence-corrected chi connectivity index (χ1v) is 6.65. The van der Waals surface area contributed by atoms with Crippen LogP contribution in [0.4, 0.5) is 11.6 Å². The molecule has 0 aliphatic carbocycles. The first-order valence-electron chi connectivity index (χ1n) is 6.65. The molecular weight excluding hydrogens is 252 g/mol. The van der Waals surface area contributed by atoms with Crippen LogP contribution < -0.4 is 10.6 Å². The minimum Gasteiger partial charge on any atom is -0.369 e. The molecule has 104 valence electrons. The molecule has 5 heteroatoms. The summed E-state index contributed by atoms with van der Waals surface area (Å²) in [6, 6.07) is 11.0. The molecule has 0 aliphatic rings. The topological polar surface area (TPSA) is 66.9 Å². The number of hydrogen-bond donors (Lipinski definition) is 2. The second-order valence-electron chi connectivity index (χ2n) is 4.50. The van der Waals surface area contributed by atoms with E-state index in [0.717, 1.165) is 18.5 Å². The van der Waals surface area contributed by atoms with Crippen molar-refractivity contribution in [2.75, 3.05) is 17.2 Å². The van der Waals surface area contributed by atoms with E-state index in [2.05, 4.69) is 27.8 Å². The van der Waals surface area contributed by atoms with Crippen molar-refractivity contribution in [2.45, 2.75) is 20.3 Å². The molecule has 0 unspecified atom stereocenters. The molecule has 0 saturated carbocycles. The molecule has 0 spiro atoms. The number of carbonyl (C=O) groups excluding carboxylic acids is 1. The summed E-state index contributed by atoms with van der Waals surface area (Å²) >= 11 is 0. The molecule has 2 rings (SSSR count). The summed E-state index contributed by atoms with van der Waals surface area (Å²) in [5, 5.41) is 13.9. The maximum atomic E-state index is 12.1. The SMILES string of the molecule is CCCNc1ccc(NC(=O)c2ccccc2C)nn1. The Bertz CT molecular complexity index is 581. The zero-order valence-corrected chi connectivity index (χ0v) is 11.7. The van der Waals surface area contributed by atoms with Gasteiger partial charge in [0.1, 0.15) is 5.82 Å². The molecule has 1 heterocycles. The Morgan fingerprint density at radius 3 is 2.45 bits per heavy atom. The van der Waals surface area contributed by atoms with E-state index in [9.17, 15) is 4.79 Å². The van der Waals surface area contributed by atoms with Crippen molar-refractivity contribution in [2.24, 2.45) is 0 Å². The van der Waals surface area contributed by atoms with Crippen LogP contribution in [-0.2, 0) is 0 Å². The van der Waals surface area contributed by atoms with Crippen LogP contribution in [0.5, 0.6) is 0 Å². The largest absolute Gasteiger partial charge is 0.369 e. The van der Waals surface area contributed by atoms with Crippen LogP contribution >= 0.6 is 0 Å². The van der Waals surface area contributed by atoms with Crippen molar-refractivity contribution in [3.05, 3.63) is 47.5 Å². The molecule has 0 aliphatic heterocycles. The highest BCUT2D eigenvalue weighted by molar-refractivity contribution is 6.04. The number of amides is 1. The van der Waals surface area contributed by atoms with Gasteiger partial charge in [0.2, 0.25) is 0 Å². The Labute approximate surface area is 118 Å². The summed E-state index contributed by atoms with van der Waals surface area (Å²) in [4.78, 5) is 12.1. The van der Waals surface area contributed by atoms with Crippen molar-refractivity contribution in [1.82, 2.24) is 10.2 Å². The Morgan fingerprint density at radius 1 is 1.10 bits per heavy atom. The normalized spacial score (nSPS) is 10.1. The molecule has 0 bridgehead atoms. The monoisotopic (exact) mass is 270 g/mol. The molecule has 5 nitrogen and oxygen atoms in total. The Morgan fingerprint density at radius 2 is 1.80 bits per heavy atom. The van der Waals surface area contributed by atoms with Crippen molar-refractivity contribution in [3.8, 4) is 0 Å². The average molecular weight is 270 g/mol. The predicted molar refractivity (Wildman–Crippen MR) is 79.9 cm³/mol. The van der Waals surface area contributed by atoms with E-state index in [1.165, 1.54) is 0 Å². The molecule has 0 fully saturated rings. The third kappa shape index (κ3) is 3.54. The van der Waals surface area contributed by atoms with E-state index in [4.69, 9.17) is 0 Å². The van der Waals surface area contributed by atoms with Gasteiger partial charge in [-0.2, -0.15) is 0 Å². The van der Waals surface area contributed by atoms with Crippen LogP contribution in [0.2, 0.25) is 0 Å². The molecule has 2 N–H and O–H groups in total. The first kappa shape index (κ1) is 14.0. The third-order valence-electron chi connectivity index (χ3n) is 2.85. The maximum Gasteiger partial charge on any atom is 0.257 e. The van der Waals surface area contributed by atoms with E-state index < -0.39 is 0 Å². The minimum atomic E-state index is -0.174. The number of carbonyl (C=O) groups is 1. The van der Waals surface area contributed by atoms with Crippen LogP contribution in [0, 0.1) is 6.92 Å². The molecule has 1 aromatic heterocycles. The standard InChI is InChI=1S/C15H18N4O/c1-3-10-16-13-8-9-14(19-18-13)17-15(20)12-7-5-4-6-11(12)2/h4-9H,3,10H2,1-2H3,(H,16,18)(H,17,19,20). The number of rotatable bonds is 5. The number of benzene rings is 1. The Kier molecular flexibility index (Phi) is 4.65. The summed E-state index contributed by atoms with van der Waals surface area (Å²) < 4.78 is 0. The number of aromatic nitrogens is 2. The van der Waals surface area contributed by atoms with Crippen molar-refractivity contribution < 1.29 is 4.79 Å². The quantitative estimate of drug-likeness (QED) is 0.876. The van der Waals surface area contributed by atoms with Gasteiger partial charge in [0.05, 0.1) is 0 Å². The van der Waals surface area contributed by atoms with E-state index in [-0.39, 0.29) is 5.91 Å². The van der Waals surface area contributed by atoms with E-state index >= 15 is 0 Å². The lowest BCUT2D eigenvalue weighted by atomic mass is 10.1. The zero-order valence-electron chi connectivity index (χ0n) is 11.7. The van der Waals surface area contributed by atoms with Crippen molar-refractivity contribution in [1.29, 1.82) is 0 Å². The van der Waals surface area contributed by atoms with Gasteiger partial charge >= 0.3 is 0 Å². The number of aryl methyl sites for hydroxylation is 1. The lowest BCUT2D eigenvalue weighted by Gasteiger charge is -2.07. The second-order valence-corrected chi connectivity index (χ2v) is 4.50. The van der Waals surface area contributed by atoms with Crippen LogP contribution in [0.25, 0.3) is 0 Å². The highest BCUT2D eigenvalue weighted by Crippen LogP contribution is 2.11. The fraction of sp³-hybridized carbons (Fsp3) is 0.267.